The summed E-state index contributed by atoms with van der Waals surface area (Å²) < 4.78 is 12.4. The fraction of sp³-hybridized carbons (Fsp3) is 0.222. The minimum absolute atomic E-state index is 0.0323. The number of hydrogen-bond donors (Lipinski definition) is 1. The second-order valence-electron chi connectivity index (χ2n) is 5.74. The van der Waals surface area contributed by atoms with Gasteiger partial charge in [0.25, 0.3) is 5.56 Å². The summed E-state index contributed by atoms with van der Waals surface area (Å²) in [5.41, 5.74) is -0.488. The number of pyridine rings is 1. The van der Waals surface area contributed by atoms with Crippen LogP contribution in [0.25, 0.3) is 10.9 Å². The van der Waals surface area contributed by atoms with Crippen molar-refractivity contribution < 1.29 is 19.4 Å². The zero-order chi connectivity index (χ0) is 19.6. The lowest BCUT2D eigenvalue weighted by molar-refractivity contribution is -0.137. The predicted molar refractivity (Wildman–Crippen MR) is 96.5 cm³/mol. The molecule has 27 heavy (non-hydrogen) atoms. The zero-order valence-corrected chi connectivity index (χ0v) is 14.7. The molecule has 3 aromatic rings. The number of methoxy groups -OCH3 is 2. The number of carboxylic acid groups (broad SMARTS) is 1. The minimum Gasteiger partial charge on any atom is -0.493 e. The molecule has 9 heteroatoms. The Bertz CT molecular complexity index is 1120. The van der Waals surface area contributed by atoms with E-state index in [9.17, 15) is 19.5 Å². The molecule has 1 N–H and O–H groups in total. The molecule has 0 saturated heterocycles. The van der Waals surface area contributed by atoms with Crippen LogP contribution in [0.15, 0.2) is 46.2 Å². The Morgan fingerprint density at radius 1 is 1.15 bits per heavy atom. The van der Waals surface area contributed by atoms with Crippen molar-refractivity contribution in [2.75, 3.05) is 14.2 Å². The average Bonchev–Trinajstić information content (AvgIpc) is 2.68. The summed E-state index contributed by atoms with van der Waals surface area (Å²) in [7, 11) is 2.83. The van der Waals surface area contributed by atoms with Crippen LogP contribution in [0.3, 0.4) is 0 Å². The topological polar surface area (TPSA) is 113 Å². The zero-order valence-electron chi connectivity index (χ0n) is 14.7. The maximum Gasteiger partial charge on any atom is 0.332 e. The molecule has 0 fully saturated rings. The molecule has 0 radical (unpaired) electrons. The smallest absolute Gasteiger partial charge is 0.332 e. The predicted octanol–water partition coefficient (Wildman–Crippen LogP) is 0.708. The van der Waals surface area contributed by atoms with Crippen molar-refractivity contribution in [1.29, 1.82) is 0 Å². The maximum atomic E-state index is 12.9. The van der Waals surface area contributed by atoms with Crippen molar-refractivity contribution in [2.24, 2.45) is 0 Å². The molecule has 0 saturated carbocycles. The molecule has 2 heterocycles. The largest absolute Gasteiger partial charge is 0.493 e. The van der Waals surface area contributed by atoms with E-state index in [1.54, 1.807) is 18.3 Å². The van der Waals surface area contributed by atoms with Gasteiger partial charge in [-0.25, -0.2) is 4.79 Å². The SMILES string of the molecule is COc1cc2c(=O)n(Cc3cccnc3)c(=O)n(CC(=O)O)c2cc1OC. The first-order valence-electron chi connectivity index (χ1n) is 7.96. The van der Waals surface area contributed by atoms with E-state index in [2.05, 4.69) is 4.98 Å². The Kier molecular flexibility index (Phi) is 4.93. The van der Waals surface area contributed by atoms with Gasteiger partial charge in [0.1, 0.15) is 6.54 Å². The Hall–Kier alpha value is -3.62. The van der Waals surface area contributed by atoms with Crippen molar-refractivity contribution >= 4 is 16.9 Å². The number of benzene rings is 1. The Morgan fingerprint density at radius 2 is 1.85 bits per heavy atom. The van der Waals surface area contributed by atoms with Crippen LogP contribution < -0.4 is 20.7 Å². The average molecular weight is 371 g/mol. The maximum absolute atomic E-state index is 12.9. The number of rotatable bonds is 6. The first kappa shape index (κ1) is 18.2. The fourth-order valence-electron chi connectivity index (χ4n) is 2.85. The number of aromatic nitrogens is 3. The van der Waals surface area contributed by atoms with Crippen molar-refractivity contribution in [3.63, 3.8) is 0 Å². The van der Waals surface area contributed by atoms with Gasteiger partial charge in [0.2, 0.25) is 0 Å². The van der Waals surface area contributed by atoms with Gasteiger partial charge in [0, 0.05) is 18.5 Å². The van der Waals surface area contributed by atoms with Gasteiger partial charge in [-0.05, 0) is 17.7 Å². The summed E-state index contributed by atoms with van der Waals surface area (Å²) in [6, 6.07) is 6.27. The standard InChI is InChI=1S/C18H17N3O6/c1-26-14-6-12-13(7-15(14)27-2)20(10-16(22)23)18(25)21(17(12)24)9-11-4-3-5-19-8-11/h3-8H,9-10H2,1-2H3,(H,22,23). The second kappa shape index (κ2) is 7.32. The Morgan fingerprint density at radius 3 is 2.44 bits per heavy atom. The number of ether oxygens (including phenoxy) is 2. The quantitative estimate of drug-likeness (QED) is 0.679. The molecule has 0 aliphatic heterocycles. The van der Waals surface area contributed by atoms with E-state index in [1.807, 2.05) is 0 Å². The molecule has 3 rings (SSSR count). The molecule has 1 aromatic carbocycles. The normalized spacial score (nSPS) is 10.7. The number of hydrogen-bond acceptors (Lipinski definition) is 6. The number of fused-ring (bicyclic) bond motifs is 1. The minimum atomic E-state index is -1.21. The van der Waals surface area contributed by atoms with Crippen LogP contribution in [0.2, 0.25) is 0 Å². The van der Waals surface area contributed by atoms with E-state index < -0.39 is 23.8 Å². The highest BCUT2D eigenvalue weighted by Crippen LogP contribution is 2.30. The van der Waals surface area contributed by atoms with E-state index in [1.165, 1.54) is 32.5 Å². The molecule has 2 aromatic heterocycles. The highest BCUT2D eigenvalue weighted by Gasteiger charge is 2.18. The van der Waals surface area contributed by atoms with E-state index in [-0.39, 0.29) is 23.2 Å². The van der Waals surface area contributed by atoms with Gasteiger partial charge in [-0.2, -0.15) is 0 Å². The fourth-order valence-corrected chi connectivity index (χ4v) is 2.85. The van der Waals surface area contributed by atoms with Gasteiger partial charge in [-0.3, -0.25) is 23.7 Å². The van der Waals surface area contributed by atoms with Crippen LogP contribution in [0, 0.1) is 0 Å². The first-order chi connectivity index (χ1) is 13.0. The summed E-state index contributed by atoms with van der Waals surface area (Å²) in [6.45, 7) is -0.631. The molecule has 0 aliphatic rings. The number of carboxylic acids is 1. The van der Waals surface area contributed by atoms with Gasteiger partial charge in [0.15, 0.2) is 11.5 Å². The molecule has 0 bridgehead atoms. The second-order valence-corrected chi connectivity index (χ2v) is 5.74. The summed E-state index contributed by atoms with van der Waals surface area (Å²) in [6.07, 6.45) is 3.11. The third-order valence-electron chi connectivity index (χ3n) is 4.09. The van der Waals surface area contributed by atoms with Crippen LogP contribution in [-0.2, 0) is 17.9 Å². The van der Waals surface area contributed by atoms with E-state index >= 15 is 0 Å². The third-order valence-corrected chi connectivity index (χ3v) is 4.09. The molecule has 140 valence electrons. The molecule has 0 unspecified atom stereocenters. The molecule has 0 amide bonds. The van der Waals surface area contributed by atoms with Gasteiger partial charge in [0.05, 0.1) is 31.7 Å². The Balaban J connectivity index is 2.35. The van der Waals surface area contributed by atoms with E-state index in [0.717, 1.165) is 9.13 Å². The van der Waals surface area contributed by atoms with Gasteiger partial charge in [-0.15, -0.1) is 0 Å². The molecule has 0 atom stereocenters. The third kappa shape index (κ3) is 3.39. The molecular weight excluding hydrogens is 354 g/mol. The summed E-state index contributed by atoms with van der Waals surface area (Å²) in [4.78, 5) is 41.1. The number of carbonyl (C=O) groups is 1. The Labute approximate surface area is 153 Å². The van der Waals surface area contributed by atoms with E-state index in [4.69, 9.17) is 9.47 Å². The van der Waals surface area contributed by atoms with Crippen LogP contribution in [0.4, 0.5) is 0 Å². The first-order valence-corrected chi connectivity index (χ1v) is 7.96. The summed E-state index contributed by atoms with van der Waals surface area (Å²) in [5.74, 6) is -0.622. The molecule has 9 nitrogen and oxygen atoms in total. The number of nitrogens with zero attached hydrogens (tertiary/aromatic N) is 3. The van der Waals surface area contributed by atoms with Crippen LogP contribution in [0.5, 0.6) is 11.5 Å². The highest BCUT2D eigenvalue weighted by atomic mass is 16.5. The molecular formula is C18H17N3O6. The van der Waals surface area contributed by atoms with Crippen LogP contribution in [-0.4, -0.2) is 39.4 Å². The monoisotopic (exact) mass is 371 g/mol. The van der Waals surface area contributed by atoms with Crippen molar-refractivity contribution in [1.82, 2.24) is 14.1 Å². The lowest BCUT2D eigenvalue weighted by Gasteiger charge is -2.15. The number of aliphatic carboxylic acids is 1. The lowest BCUT2D eigenvalue weighted by Crippen LogP contribution is -2.41. The highest BCUT2D eigenvalue weighted by molar-refractivity contribution is 5.83. The summed E-state index contributed by atoms with van der Waals surface area (Å²) >= 11 is 0. The molecule has 0 spiro atoms. The van der Waals surface area contributed by atoms with Crippen molar-refractivity contribution in [3.8, 4) is 11.5 Å². The lowest BCUT2D eigenvalue weighted by atomic mass is 10.2. The van der Waals surface area contributed by atoms with Gasteiger partial charge < -0.3 is 14.6 Å². The van der Waals surface area contributed by atoms with Gasteiger partial charge in [-0.1, -0.05) is 6.07 Å². The van der Waals surface area contributed by atoms with Crippen molar-refractivity contribution in [2.45, 2.75) is 13.1 Å². The van der Waals surface area contributed by atoms with Crippen molar-refractivity contribution in [3.05, 3.63) is 63.1 Å². The van der Waals surface area contributed by atoms with Crippen LogP contribution in [0.1, 0.15) is 5.56 Å². The molecule has 0 aliphatic carbocycles. The van der Waals surface area contributed by atoms with E-state index in [0.29, 0.717) is 11.3 Å². The van der Waals surface area contributed by atoms with Gasteiger partial charge >= 0.3 is 11.7 Å². The summed E-state index contributed by atoms with van der Waals surface area (Å²) in [5, 5.41) is 9.37. The van der Waals surface area contributed by atoms with Crippen LogP contribution >= 0.6 is 0 Å².